The number of pyridine rings is 1. The number of hydrogen-bond donors (Lipinski definition) is 1. The molecule has 106 valence electrons. The van der Waals surface area contributed by atoms with E-state index in [1.165, 1.54) is 6.20 Å². The van der Waals surface area contributed by atoms with E-state index < -0.39 is 4.92 Å². The summed E-state index contributed by atoms with van der Waals surface area (Å²) in [6.45, 7) is 2.06. The van der Waals surface area contributed by atoms with Crippen molar-refractivity contribution in [1.82, 2.24) is 9.97 Å². The van der Waals surface area contributed by atoms with Crippen LogP contribution in [-0.2, 0) is 6.54 Å². The van der Waals surface area contributed by atoms with Crippen LogP contribution < -0.4 is 5.32 Å². The summed E-state index contributed by atoms with van der Waals surface area (Å²) in [5, 5.41) is 14.9. The first kappa shape index (κ1) is 13.0. The molecule has 0 unspecified atom stereocenters. The van der Waals surface area contributed by atoms with Gasteiger partial charge < -0.3 is 9.73 Å². The van der Waals surface area contributed by atoms with Crippen LogP contribution in [0.3, 0.4) is 0 Å². The Morgan fingerprint density at radius 2 is 2.10 bits per heavy atom. The van der Waals surface area contributed by atoms with E-state index in [2.05, 4.69) is 15.3 Å². The zero-order chi connectivity index (χ0) is 14.8. The molecular weight excluding hydrogens is 272 g/mol. The molecule has 2 aromatic heterocycles. The first-order valence-corrected chi connectivity index (χ1v) is 6.32. The van der Waals surface area contributed by atoms with Crippen LogP contribution in [0, 0.1) is 17.0 Å². The number of anilines is 1. The average Bonchev–Trinajstić information content (AvgIpc) is 2.90. The van der Waals surface area contributed by atoms with Gasteiger partial charge in [-0.2, -0.15) is 0 Å². The molecule has 2 heterocycles. The van der Waals surface area contributed by atoms with Crippen LogP contribution in [0.4, 0.5) is 11.4 Å². The van der Waals surface area contributed by atoms with Gasteiger partial charge in [0.05, 0.1) is 23.2 Å². The fourth-order valence-corrected chi connectivity index (χ4v) is 2.10. The van der Waals surface area contributed by atoms with Crippen molar-refractivity contribution in [2.75, 3.05) is 5.32 Å². The van der Waals surface area contributed by atoms with Crippen molar-refractivity contribution in [2.24, 2.45) is 0 Å². The van der Waals surface area contributed by atoms with Gasteiger partial charge in [0.25, 0.3) is 0 Å². The maximum atomic E-state index is 11.2. The van der Waals surface area contributed by atoms with E-state index in [9.17, 15) is 10.1 Å². The molecule has 1 aromatic carbocycles. The zero-order valence-corrected chi connectivity index (χ0v) is 11.2. The molecule has 0 bridgehead atoms. The molecule has 7 nitrogen and oxygen atoms in total. The number of rotatable bonds is 4. The number of aryl methyl sites for hydroxylation is 1. The normalized spacial score (nSPS) is 10.7. The summed E-state index contributed by atoms with van der Waals surface area (Å²) in [4.78, 5) is 18.9. The van der Waals surface area contributed by atoms with E-state index >= 15 is 0 Å². The van der Waals surface area contributed by atoms with Crippen LogP contribution in [0.15, 0.2) is 41.1 Å². The number of nitro groups is 1. The van der Waals surface area contributed by atoms with Crippen LogP contribution in [0.25, 0.3) is 10.9 Å². The second kappa shape index (κ2) is 5.20. The lowest BCUT2D eigenvalue weighted by atomic mass is 10.1. The van der Waals surface area contributed by atoms with E-state index in [0.717, 1.165) is 0 Å². The highest BCUT2D eigenvalue weighted by Gasteiger charge is 2.18. The van der Waals surface area contributed by atoms with Gasteiger partial charge in [-0.25, -0.2) is 9.97 Å². The van der Waals surface area contributed by atoms with Gasteiger partial charge in [-0.1, -0.05) is 18.2 Å². The molecule has 0 amide bonds. The predicted molar refractivity (Wildman–Crippen MR) is 77.0 cm³/mol. The highest BCUT2D eigenvalue weighted by atomic mass is 16.6. The molecular formula is C14H12N4O3. The van der Waals surface area contributed by atoms with Gasteiger partial charge >= 0.3 is 5.69 Å². The number of fused-ring (bicyclic) bond motifs is 1. The second-order valence-electron chi connectivity index (χ2n) is 4.51. The third-order valence-electron chi connectivity index (χ3n) is 3.04. The summed E-state index contributed by atoms with van der Waals surface area (Å²) >= 11 is 0. The Bertz CT molecular complexity index is 813. The van der Waals surface area contributed by atoms with Crippen LogP contribution in [0.5, 0.6) is 0 Å². The van der Waals surface area contributed by atoms with Crippen LogP contribution in [0.2, 0.25) is 0 Å². The third-order valence-corrected chi connectivity index (χ3v) is 3.04. The van der Waals surface area contributed by atoms with E-state index in [1.807, 2.05) is 12.1 Å². The first-order chi connectivity index (χ1) is 10.1. The first-order valence-electron chi connectivity index (χ1n) is 6.32. The zero-order valence-electron chi connectivity index (χ0n) is 11.2. The fraction of sp³-hybridized carbons (Fsp3) is 0.143. The van der Waals surface area contributed by atoms with Crippen molar-refractivity contribution in [2.45, 2.75) is 13.5 Å². The van der Waals surface area contributed by atoms with Gasteiger partial charge in [-0.3, -0.25) is 10.1 Å². The topological polar surface area (TPSA) is 94.1 Å². The molecule has 3 rings (SSSR count). The molecule has 0 aliphatic heterocycles. The Hall–Kier alpha value is -2.96. The molecule has 7 heteroatoms. The summed E-state index contributed by atoms with van der Waals surface area (Å²) in [6, 6.07) is 7.24. The number of para-hydroxylation sites is 1. The molecule has 0 aliphatic rings. The Labute approximate surface area is 119 Å². The van der Waals surface area contributed by atoms with Crippen molar-refractivity contribution >= 4 is 22.3 Å². The Balaban J connectivity index is 2.01. The molecule has 0 saturated heterocycles. The maximum Gasteiger partial charge on any atom is 0.311 e. The van der Waals surface area contributed by atoms with Crippen LogP contribution in [0.1, 0.15) is 11.7 Å². The number of oxazole rings is 1. The molecule has 0 atom stereocenters. The molecule has 0 spiro atoms. The molecule has 1 N–H and O–H groups in total. The van der Waals surface area contributed by atoms with Gasteiger partial charge in [-0.15, -0.1) is 0 Å². The lowest BCUT2D eigenvalue weighted by Crippen LogP contribution is -2.04. The molecule has 0 saturated carbocycles. The number of aromatic nitrogens is 2. The molecule has 0 fully saturated rings. The van der Waals surface area contributed by atoms with Gasteiger partial charge in [0.1, 0.15) is 17.6 Å². The van der Waals surface area contributed by atoms with Crippen molar-refractivity contribution in [3.63, 3.8) is 0 Å². The number of hydrogen-bond acceptors (Lipinski definition) is 6. The smallest absolute Gasteiger partial charge is 0.311 e. The summed E-state index contributed by atoms with van der Waals surface area (Å²) < 4.78 is 5.36. The van der Waals surface area contributed by atoms with E-state index in [1.54, 1.807) is 25.3 Å². The monoisotopic (exact) mass is 284 g/mol. The highest BCUT2D eigenvalue weighted by molar-refractivity contribution is 5.95. The molecule has 3 aromatic rings. The molecule has 0 aliphatic carbocycles. The quantitative estimate of drug-likeness (QED) is 0.584. The Kier molecular flexibility index (Phi) is 3.23. The minimum atomic E-state index is -0.456. The van der Waals surface area contributed by atoms with E-state index in [-0.39, 0.29) is 12.2 Å². The standard InChI is InChI=1S/C14H12N4O3/c1-9-6-16-13(21-9)8-17-14-10-4-2-3-5-11(10)15-7-12(14)18(19)20/h2-7H,8H2,1H3,(H,15,17). The van der Waals surface area contributed by atoms with Crippen molar-refractivity contribution in [1.29, 1.82) is 0 Å². The second-order valence-corrected chi connectivity index (χ2v) is 4.51. The van der Waals surface area contributed by atoms with Crippen molar-refractivity contribution < 1.29 is 9.34 Å². The van der Waals surface area contributed by atoms with Crippen LogP contribution in [-0.4, -0.2) is 14.9 Å². The van der Waals surface area contributed by atoms with Gasteiger partial charge in [-0.05, 0) is 13.0 Å². The number of benzene rings is 1. The average molecular weight is 284 g/mol. The van der Waals surface area contributed by atoms with Gasteiger partial charge in [0.2, 0.25) is 5.89 Å². The predicted octanol–water partition coefficient (Wildman–Crippen LogP) is 3.05. The summed E-state index contributed by atoms with van der Waals surface area (Å²) in [5.74, 6) is 1.17. The van der Waals surface area contributed by atoms with E-state index in [4.69, 9.17) is 4.42 Å². The van der Waals surface area contributed by atoms with Crippen molar-refractivity contribution in [3.05, 3.63) is 58.4 Å². The summed E-state index contributed by atoms with van der Waals surface area (Å²) in [7, 11) is 0. The van der Waals surface area contributed by atoms with Gasteiger partial charge in [0, 0.05) is 5.39 Å². The van der Waals surface area contributed by atoms with Gasteiger partial charge in [0.15, 0.2) is 0 Å². The lowest BCUT2D eigenvalue weighted by Gasteiger charge is -2.08. The van der Waals surface area contributed by atoms with Crippen LogP contribution >= 0.6 is 0 Å². The number of nitrogens with one attached hydrogen (secondary N) is 1. The summed E-state index contributed by atoms with van der Waals surface area (Å²) in [6.07, 6.45) is 2.86. The highest BCUT2D eigenvalue weighted by Crippen LogP contribution is 2.31. The minimum absolute atomic E-state index is 0.0722. The fourth-order valence-electron chi connectivity index (χ4n) is 2.10. The lowest BCUT2D eigenvalue weighted by molar-refractivity contribution is -0.384. The maximum absolute atomic E-state index is 11.2. The minimum Gasteiger partial charge on any atom is -0.444 e. The Morgan fingerprint density at radius 1 is 1.29 bits per heavy atom. The van der Waals surface area contributed by atoms with Crippen molar-refractivity contribution in [3.8, 4) is 0 Å². The van der Waals surface area contributed by atoms with E-state index in [0.29, 0.717) is 28.2 Å². The Morgan fingerprint density at radius 3 is 2.81 bits per heavy atom. The molecule has 0 radical (unpaired) electrons. The third kappa shape index (κ3) is 2.53. The number of nitrogens with zero attached hydrogens (tertiary/aromatic N) is 3. The SMILES string of the molecule is Cc1cnc(CNc2c([N+](=O)[O-])cnc3ccccc23)o1. The summed E-state index contributed by atoms with van der Waals surface area (Å²) in [5.41, 5.74) is 1.03. The molecule has 21 heavy (non-hydrogen) atoms. The largest absolute Gasteiger partial charge is 0.444 e.